The van der Waals surface area contributed by atoms with Gasteiger partial charge in [-0.25, -0.2) is 4.79 Å². The molecular weight excluding hydrogens is 270 g/mol. The van der Waals surface area contributed by atoms with Crippen molar-refractivity contribution in [2.45, 2.75) is 39.2 Å². The zero-order valence-corrected chi connectivity index (χ0v) is 12.5. The topological polar surface area (TPSA) is 70.8 Å². The first-order valence-corrected chi connectivity index (χ1v) is 7.55. The number of hydrogen-bond donors (Lipinski definition) is 1. The maximum Gasteiger partial charge on any atom is 0.339 e. The van der Waals surface area contributed by atoms with Gasteiger partial charge < -0.3 is 14.4 Å². The standard InChI is InChI=1S/C16H21NO4/c1-9-13(16(19)20)7-12(21-9)8-17(2)15(18)14(10-3-4-10)11-5-6-11/h7,10-11,14H,3-6,8H2,1-2H3,(H,19,20). The lowest BCUT2D eigenvalue weighted by Gasteiger charge is -2.22. The molecule has 0 unspecified atom stereocenters. The Balaban J connectivity index is 1.67. The van der Waals surface area contributed by atoms with Crippen molar-refractivity contribution in [2.24, 2.45) is 17.8 Å². The van der Waals surface area contributed by atoms with E-state index in [-0.39, 0.29) is 17.4 Å². The van der Waals surface area contributed by atoms with Crippen molar-refractivity contribution in [3.63, 3.8) is 0 Å². The van der Waals surface area contributed by atoms with Gasteiger partial charge in [-0.1, -0.05) is 0 Å². The summed E-state index contributed by atoms with van der Waals surface area (Å²) in [5, 5.41) is 9.03. The van der Waals surface area contributed by atoms with Crippen molar-refractivity contribution in [2.75, 3.05) is 7.05 Å². The molecule has 2 saturated carbocycles. The first kappa shape index (κ1) is 14.2. The second-order valence-corrected chi connectivity index (χ2v) is 6.38. The molecule has 1 aromatic heterocycles. The molecule has 1 heterocycles. The van der Waals surface area contributed by atoms with Crippen molar-refractivity contribution in [1.82, 2.24) is 4.90 Å². The minimum Gasteiger partial charge on any atom is -0.478 e. The maximum absolute atomic E-state index is 12.6. The maximum atomic E-state index is 12.6. The van der Waals surface area contributed by atoms with Gasteiger partial charge in [0.25, 0.3) is 0 Å². The van der Waals surface area contributed by atoms with E-state index < -0.39 is 5.97 Å². The van der Waals surface area contributed by atoms with E-state index in [0.717, 1.165) is 0 Å². The first-order chi connectivity index (χ1) is 9.97. The van der Waals surface area contributed by atoms with E-state index in [1.807, 2.05) is 0 Å². The summed E-state index contributed by atoms with van der Waals surface area (Å²) in [5.41, 5.74) is 0.173. The van der Waals surface area contributed by atoms with Gasteiger partial charge >= 0.3 is 5.97 Å². The molecule has 0 atom stereocenters. The van der Waals surface area contributed by atoms with Gasteiger partial charge in [-0.3, -0.25) is 4.79 Å². The monoisotopic (exact) mass is 291 g/mol. The van der Waals surface area contributed by atoms with E-state index in [1.54, 1.807) is 18.9 Å². The lowest BCUT2D eigenvalue weighted by molar-refractivity contribution is -0.136. The lowest BCUT2D eigenvalue weighted by Crippen LogP contribution is -2.34. The number of aromatic carboxylic acids is 1. The van der Waals surface area contributed by atoms with Crippen LogP contribution in [0.15, 0.2) is 10.5 Å². The van der Waals surface area contributed by atoms with Crippen molar-refractivity contribution in [3.8, 4) is 0 Å². The summed E-state index contributed by atoms with van der Waals surface area (Å²) in [6, 6.07) is 1.52. The average Bonchev–Trinajstić information content (AvgIpc) is 3.31. The van der Waals surface area contributed by atoms with Crippen LogP contribution in [0.5, 0.6) is 0 Å². The number of furan rings is 1. The second kappa shape index (κ2) is 5.20. The van der Waals surface area contributed by atoms with Gasteiger partial charge in [0, 0.05) is 13.0 Å². The van der Waals surface area contributed by atoms with Crippen molar-refractivity contribution >= 4 is 11.9 Å². The Morgan fingerprint density at radius 1 is 1.33 bits per heavy atom. The predicted octanol–water partition coefficient (Wildman–Crippen LogP) is 2.68. The molecule has 21 heavy (non-hydrogen) atoms. The molecule has 3 rings (SSSR count). The van der Waals surface area contributed by atoms with Crippen LogP contribution in [0, 0.1) is 24.7 Å². The number of carbonyl (C=O) groups is 2. The SMILES string of the molecule is Cc1oc(CN(C)C(=O)C(C2CC2)C2CC2)cc1C(=O)O. The number of amides is 1. The zero-order chi connectivity index (χ0) is 15.1. The Kier molecular flexibility index (Phi) is 3.51. The van der Waals surface area contributed by atoms with E-state index in [2.05, 4.69) is 0 Å². The molecule has 2 fully saturated rings. The average molecular weight is 291 g/mol. The van der Waals surface area contributed by atoms with Crippen molar-refractivity contribution in [1.29, 1.82) is 0 Å². The molecule has 0 spiro atoms. The van der Waals surface area contributed by atoms with Gasteiger partial charge in [0.05, 0.1) is 6.54 Å². The predicted molar refractivity (Wildman–Crippen MR) is 75.8 cm³/mol. The lowest BCUT2D eigenvalue weighted by atomic mass is 9.96. The molecule has 1 amide bonds. The highest BCUT2D eigenvalue weighted by Crippen LogP contribution is 2.49. The van der Waals surface area contributed by atoms with E-state index in [1.165, 1.54) is 31.7 Å². The minimum atomic E-state index is -0.995. The number of carbonyl (C=O) groups excluding carboxylic acids is 1. The van der Waals surface area contributed by atoms with E-state index >= 15 is 0 Å². The fourth-order valence-corrected chi connectivity index (χ4v) is 3.10. The minimum absolute atomic E-state index is 0.171. The van der Waals surface area contributed by atoms with Gasteiger partial charge in [-0.2, -0.15) is 0 Å². The summed E-state index contributed by atoms with van der Waals surface area (Å²) in [6.07, 6.45) is 4.68. The first-order valence-electron chi connectivity index (χ1n) is 7.55. The third kappa shape index (κ3) is 2.96. The molecule has 1 N–H and O–H groups in total. The van der Waals surface area contributed by atoms with Gasteiger partial charge in [0.15, 0.2) is 0 Å². The molecule has 2 aliphatic rings. The van der Waals surface area contributed by atoms with E-state index in [4.69, 9.17) is 9.52 Å². The van der Waals surface area contributed by atoms with E-state index in [9.17, 15) is 9.59 Å². The Morgan fingerprint density at radius 3 is 2.33 bits per heavy atom. The van der Waals surface area contributed by atoms with Crippen LogP contribution in [0.3, 0.4) is 0 Å². The highest BCUT2D eigenvalue weighted by atomic mass is 16.4. The molecule has 114 valence electrons. The van der Waals surface area contributed by atoms with Crippen LogP contribution in [0.2, 0.25) is 0 Å². The molecule has 1 aromatic rings. The summed E-state index contributed by atoms with van der Waals surface area (Å²) in [6.45, 7) is 1.97. The number of nitrogens with zero attached hydrogens (tertiary/aromatic N) is 1. The fourth-order valence-electron chi connectivity index (χ4n) is 3.10. The normalized spacial score (nSPS) is 18.0. The number of aryl methyl sites for hydroxylation is 1. The number of carboxylic acid groups (broad SMARTS) is 1. The van der Waals surface area contributed by atoms with Gasteiger partial charge in [0.1, 0.15) is 17.1 Å². The molecule has 0 saturated heterocycles. The summed E-state index contributed by atoms with van der Waals surface area (Å²) in [4.78, 5) is 25.3. The molecule has 2 aliphatic carbocycles. The molecular formula is C16H21NO4. The van der Waals surface area contributed by atoms with Gasteiger partial charge in [-0.05, 0) is 50.5 Å². The fraction of sp³-hybridized carbons (Fsp3) is 0.625. The number of rotatable bonds is 6. The Hall–Kier alpha value is -1.78. The van der Waals surface area contributed by atoms with Crippen LogP contribution in [-0.4, -0.2) is 28.9 Å². The van der Waals surface area contributed by atoms with Crippen LogP contribution in [0.4, 0.5) is 0 Å². The third-order valence-electron chi connectivity index (χ3n) is 4.51. The summed E-state index contributed by atoms with van der Waals surface area (Å²) < 4.78 is 5.45. The van der Waals surface area contributed by atoms with Gasteiger partial charge in [-0.15, -0.1) is 0 Å². The highest BCUT2D eigenvalue weighted by molar-refractivity contribution is 5.88. The largest absolute Gasteiger partial charge is 0.478 e. The van der Waals surface area contributed by atoms with E-state index in [0.29, 0.717) is 29.9 Å². The second-order valence-electron chi connectivity index (χ2n) is 6.38. The van der Waals surface area contributed by atoms with Crippen LogP contribution < -0.4 is 0 Å². The molecule has 5 nitrogen and oxygen atoms in total. The Morgan fingerprint density at radius 2 is 1.90 bits per heavy atom. The third-order valence-corrected chi connectivity index (χ3v) is 4.51. The Bertz CT molecular complexity index is 557. The zero-order valence-electron chi connectivity index (χ0n) is 12.5. The van der Waals surface area contributed by atoms with Crippen molar-refractivity contribution in [3.05, 3.63) is 23.2 Å². The highest BCUT2D eigenvalue weighted by Gasteiger charge is 2.46. The van der Waals surface area contributed by atoms with Crippen molar-refractivity contribution < 1.29 is 19.1 Å². The van der Waals surface area contributed by atoms with Crippen LogP contribution in [0.25, 0.3) is 0 Å². The van der Waals surface area contributed by atoms with Crippen LogP contribution in [0.1, 0.15) is 47.6 Å². The number of carboxylic acids is 1. The van der Waals surface area contributed by atoms with Crippen LogP contribution in [-0.2, 0) is 11.3 Å². The summed E-state index contributed by atoms with van der Waals surface area (Å²) in [5.74, 6) is 1.42. The smallest absolute Gasteiger partial charge is 0.339 e. The quantitative estimate of drug-likeness (QED) is 0.874. The Labute approximate surface area is 123 Å². The molecule has 0 aromatic carbocycles. The van der Waals surface area contributed by atoms with Crippen LogP contribution >= 0.6 is 0 Å². The molecule has 0 radical (unpaired) electrons. The summed E-state index contributed by atoms with van der Waals surface area (Å²) >= 11 is 0. The molecule has 0 aliphatic heterocycles. The molecule has 0 bridgehead atoms. The number of hydrogen-bond acceptors (Lipinski definition) is 3. The molecule has 5 heteroatoms. The van der Waals surface area contributed by atoms with Gasteiger partial charge in [0.2, 0.25) is 5.91 Å². The summed E-state index contributed by atoms with van der Waals surface area (Å²) in [7, 11) is 1.78.